The Morgan fingerprint density at radius 3 is 2.72 bits per heavy atom. The van der Waals surface area contributed by atoms with E-state index in [0.717, 1.165) is 0 Å². The molecule has 1 aromatic carbocycles. The minimum absolute atomic E-state index is 0.00278. The molecule has 7 heteroatoms. The first-order valence-corrected chi connectivity index (χ1v) is 5.25. The summed E-state index contributed by atoms with van der Waals surface area (Å²) in [7, 11) is 0. The van der Waals surface area contributed by atoms with Crippen molar-refractivity contribution < 1.29 is 24.7 Å². The Balaban J connectivity index is 3.03. The number of aliphatic hydroxyl groups excluding tert-OH is 1. The van der Waals surface area contributed by atoms with Crippen molar-refractivity contribution in [1.29, 1.82) is 0 Å². The van der Waals surface area contributed by atoms with E-state index in [9.17, 15) is 14.9 Å². The molecule has 98 valence electrons. The van der Waals surface area contributed by atoms with Gasteiger partial charge in [-0.05, 0) is 13.0 Å². The van der Waals surface area contributed by atoms with Crippen molar-refractivity contribution in [2.24, 2.45) is 0 Å². The number of carbonyl (C=O) groups is 1. The fraction of sp³-hybridized carbons (Fsp3) is 0.364. The van der Waals surface area contributed by atoms with Gasteiger partial charge in [-0.2, -0.15) is 0 Å². The van der Waals surface area contributed by atoms with Crippen LogP contribution in [0, 0.1) is 10.1 Å². The first kappa shape index (κ1) is 13.9. The van der Waals surface area contributed by atoms with Gasteiger partial charge >= 0.3 is 11.7 Å². The molecule has 0 saturated heterocycles. The molecule has 0 aromatic heterocycles. The molecule has 0 radical (unpaired) electrons. The largest absolute Gasteiger partial charge is 0.486 e. The summed E-state index contributed by atoms with van der Waals surface area (Å²) in [6.07, 6.45) is -0.369. The highest BCUT2D eigenvalue weighted by molar-refractivity contribution is 5.92. The molecule has 1 rings (SSSR count). The molecule has 7 nitrogen and oxygen atoms in total. The van der Waals surface area contributed by atoms with E-state index >= 15 is 0 Å². The lowest BCUT2D eigenvalue weighted by Gasteiger charge is -2.10. The van der Waals surface area contributed by atoms with Crippen molar-refractivity contribution in [3.63, 3.8) is 0 Å². The number of nitro groups is 1. The number of carboxylic acids is 1. The molecule has 0 aliphatic rings. The summed E-state index contributed by atoms with van der Waals surface area (Å²) in [4.78, 5) is 21.0. The van der Waals surface area contributed by atoms with Crippen LogP contribution in [-0.4, -0.2) is 33.8 Å². The van der Waals surface area contributed by atoms with E-state index in [0.29, 0.717) is 0 Å². The molecule has 18 heavy (non-hydrogen) atoms. The smallest absolute Gasteiger partial charge is 0.339 e. The molecule has 0 aliphatic carbocycles. The zero-order valence-corrected chi connectivity index (χ0v) is 9.70. The average Bonchev–Trinajstić information content (AvgIpc) is 2.28. The Kier molecular flexibility index (Phi) is 4.61. The number of aliphatic hydroxyl groups is 1. The SMILES string of the molecule is CC(O)CCOc1c(C(=O)O)cccc1[N+](=O)[O-]. The van der Waals surface area contributed by atoms with E-state index in [1.807, 2.05) is 0 Å². The molecule has 0 spiro atoms. The molecule has 0 saturated carbocycles. The number of benzene rings is 1. The first-order chi connectivity index (χ1) is 8.43. The van der Waals surface area contributed by atoms with Crippen molar-refractivity contribution in [2.75, 3.05) is 6.61 Å². The topological polar surface area (TPSA) is 110 Å². The lowest BCUT2D eigenvalue weighted by Crippen LogP contribution is -2.11. The van der Waals surface area contributed by atoms with Crippen LogP contribution in [0.2, 0.25) is 0 Å². The van der Waals surface area contributed by atoms with Gasteiger partial charge in [-0.15, -0.1) is 0 Å². The zero-order chi connectivity index (χ0) is 13.7. The number of nitro benzene ring substituents is 1. The van der Waals surface area contributed by atoms with E-state index in [4.69, 9.17) is 14.9 Å². The number of hydrogen-bond acceptors (Lipinski definition) is 5. The Hall–Kier alpha value is -2.15. The third-order valence-electron chi connectivity index (χ3n) is 2.20. The quantitative estimate of drug-likeness (QED) is 0.588. The number of para-hydroxylation sites is 1. The normalized spacial score (nSPS) is 11.9. The van der Waals surface area contributed by atoms with Crippen LogP contribution in [0.3, 0.4) is 0 Å². The first-order valence-electron chi connectivity index (χ1n) is 5.25. The summed E-state index contributed by atoms with van der Waals surface area (Å²) < 4.78 is 5.12. The molecular formula is C11H13NO6. The summed E-state index contributed by atoms with van der Waals surface area (Å²) in [5, 5.41) is 28.8. The summed E-state index contributed by atoms with van der Waals surface area (Å²) in [5.41, 5.74) is -0.671. The fourth-order valence-corrected chi connectivity index (χ4v) is 1.32. The van der Waals surface area contributed by atoms with Crippen LogP contribution >= 0.6 is 0 Å². The highest BCUT2D eigenvalue weighted by Gasteiger charge is 2.22. The highest BCUT2D eigenvalue weighted by atomic mass is 16.6. The van der Waals surface area contributed by atoms with E-state index in [-0.39, 0.29) is 24.3 Å². The van der Waals surface area contributed by atoms with Gasteiger partial charge in [-0.25, -0.2) is 4.79 Å². The Bertz CT molecular complexity index is 425. The standard InChI is InChI=1S/C11H13NO6/c1-7(13)5-6-18-10-8(11(14)15)3-2-4-9(10)12(16)17/h2-4,7,13H,5-6H2,1H3,(H,14,15). The molecule has 0 amide bonds. The minimum Gasteiger partial charge on any atom is -0.486 e. The van der Waals surface area contributed by atoms with Crippen molar-refractivity contribution in [3.8, 4) is 5.75 Å². The molecule has 0 aliphatic heterocycles. The summed E-state index contributed by atoms with van der Waals surface area (Å²) in [5.74, 6) is -1.58. The lowest BCUT2D eigenvalue weighted by molar-refractivity contribution is -0.385. The second kappa shape index (κ2) is 5.97. The van der Waals surface area contributed by atoms with Crippen molar-refractivity contribution in [3.05, 3.63) is 33.9 Å². The number of ether oxygens (including phenoxy) is 1. The predicted molar refractivity (Wildman–Crippen MR) is 61.8 cm³/mol. The molecular weight excluding hydrogens is 242 g/mol. The van der Waals surface area contributed by atoms with Crippen molar-refractivity contribution in [1.82, 2.24) is 0 Å². The van der Waals surface area contributed by atoms with Gasteiger partial charge in [0.15, 0.2) is 0 Å². The number of nitrogens with zero attached hydrogens (tertiary/aromatic N) is 1. The van der Waals surface area contributed by atoms with Crippen LogP contribution in [-0.2, 0) is 0 Å². The van der Waals surface area contributed by atoms with E-state index in [2.05, 4.69) is 0 Å². The monoisotopic (exact) mass is 255 g/mol. The summed E-state index contributed by atoms with van der Waals surface area (Å²) >= 11 is 0. The van der Waals surface area contributed by atoms with Gasteiger partial charge in [0.1, 0.15) is 5.56 Å². The second-order valence-electron chi connectivity index (χ2n) is 3.70. The van der Waals surface area contributed by atoms with Gasteiger partial charge in [0, 0.05) is 12.5 Å². The van der Waals surface area contributed by atoms with Gasteiger partial charge in [-0.1, -0.05) is 6.07 Å². The van der Waals surface area contributed by atoms with Crippen LogP contribution in [0.15, 0.2) is 18.2 Å². The maximum absolute atomic E-state index is 10.9. The molecule has 0 heterocycles. The zero-order valence-electron chi connectivity index (χ0n) is 9.70. The van der Waals surface area contributed by atoms with Gasteiger partial charge in [0.2, 0.25) is 5.75 Å². The van der Waals surface area contributed by atoms with Crippen LogP contribution in [0.5, 0.6) is 5.75 Å². The van der Waals surface area contributed by atoms with Crippen LogP contribution in [0.25, 0.3) is 0 Å². The lowest BCUT2D eigenvalue weighted by atomic mass is 10.1. The van der Waals surface area contributed by atoms with Gasteiger partial charge < -0.3 is 14.9 Å². The Morgan fingerprint density at radius 1 is 1.56 bits per heavy atom. The maximum Gasteiger partial charge on any atom is 0.339 e. The predicted octanol–water partition coefficient (Wildman–Crippen LogP) is 1.44. The third kappa shape index (κ3) is 3.42. The number of rotatable bonds is 6. The molecule has 0 bridgehead atoms. The van der Waals surface area contributed by atoms with Crippen LogP contribution in [0.1, 0.15) is 23.7 Å². The average molecular weight is 255 g/mol. The summed E-state index contributed by atoms with van der Waals surface area (Å²) in [6.45, 7) is 1.55. The highest BCUT2D eigenvalue weighted by Crippen LogP contribution is 2.31. The molecule has 1 unspecified atom stereocenters. The number of carboxylic acid groups (broad SMARTS) is 1. The number of aromatic carboxylic acids is 1. The van der Waals surface area contributed by atoms with Gasteiger partial charge in [-0.3, -0.25) is 10.1 Å². The minimum atomic E-state index is -1.30. The van der Waals surface area contributed by atoms with E-state index in [1.54, 1.807) is 6.92 Å². The van der Waals surface area contributed by atoms with Gasteiger partial charge in [0.05, 0.1) is 17.6 Å². The van der Waals surface area contributed by atoms with Gasteiger partial charge in [0.25, 0.3) is 0 Å². The molecule has 0 fully saturated rings. The van der Waals surface area contributed by atoms with Crippen molar-refractivity contribution in [2.45, 2.75) is 19.4 Å². The van der Waals surface area contributed by atoms with Crippen molar-refractivity contribution >= 4 is 11.7 Å². The molecule has 1 atom stereocenters. The summed E-state index contributed by atoms with van der Waals surface area (Å²) in [6, 6.07) is 3.68. The molecule has 2 N–H and O–H groups in total. The Labute approximate surface area is 103 Å². The molecule has 1 aromatic rings. The Morgan fingerprint density at radius 2 is 2.22 bits per heavy atom. The fourth-order valence-electron chi connectivity index (χ4n) is 1.32. The van der Waals surface area contributed by atoms with E-state index < -0.39 is 22.7 Å². The second-order valence-corrected chi connectivity index (χ2v) is 3.70. The van der Waals surface area contributed by atoms with E-state index in [1.165, 1.54) is 18.2 Å². The maximum atomic E-state index is 10.9. The number of hydrogen-bond donors (Lipinski definition) is 2. The third-order valence-corrected chi connectivity index (χ3v) is 2.20. The van der Waals surface area contributed by atoms with Crippen LogP contribution < -0.4 is 4.74 Å². The van der Waals surface area contributed by atoms with Crippen LogP contribution in [0.4, 0.5) is 5.69 Å².